The Labute approximate surface area is 141 Å². The van der Waals surface area contributed by atoms with Crippen LogP contribution in [0.2, 0.25) is 0 Å². The molecule has 1 aliphatic heterocycles. The quantitative estimate of drug-likeness (QED) is 0.420. The minimum absolute atomic E-state index is 0.00481. The first kappa shape index (κ1) is 19.8. The fraction of sp³-hybridized carbons (Fsp3) is 0.700. The van der Waals surface area contributed by atoms with Crippen molar-refractivity contribution in [1.82, 2.24) is 0 Å². The number of hydrogen-bond donors (Lipinski definition) is 1. The fourth-order valence-electron chi connectivity index (χ4n) is 2.64. The van der Waals surface area contributed by atoms with Gasteiger partial charge < -0.3 is 14.6 Å². The summed E-state index contributed by atoms with van der Waals surface area (Å²) in [4.78, 5) is 0. The largest absolute Gasteiger partial charge is 0.377 e. The predicted octanol–water partition coefficient (Wildman–Crippen LogP) is 3.81. The van der Waals surface area contributed by atoms with Gasteiger partial charge in [-0.2, -0.15) is 0 Å². The summed E-state index contributed by atoms with van der Waals surface area (Å²) in [5, 5.41) is 9.23. The van der Waals surface area contributed by atoms with Crippen LogP contribution >= 0.6 is 0 Å². The molecule has 1 N–H and O–H groups in total. The lowest BCUT2D eigenvalue weighted by molar-refractivity contribution is -0.146. The van der Waals surface area contributed by atoms with E-state index in [0.717, 1.165) is 6.42 Å². The van der Waals surface area contributed by atoms with Gasteiger partial charge in [-0.05, 0) is 32.1 Å². The van der Waals surface area contributed by atoms with Crippen molar-refractivity contribution < 1.29 is 14.6 Å². The molecule has 1 saturated heterocycles. The van der Waals surface area contributed by atoms with Crippen LogP contribution in [0.3, 0.4) is 0 Å². The van der Waals surface area contributed by atoms with Gasteiger partial charge >= 0.3 is 0 Å². The van der Waals surface area contributed by atoms with Crippen molar-refractivity contribution in [1.29, 1.82) is 0 Å². The fourth-order valence-corrected chi connectivity index (χ4v) is 2.64. The van der Waals surface area contributed by atoms with Crippen LogP contribution in [0.5, 0.6) is 0 Å². The first-order chi connectivity index (χ1) is 11.0. The molecule has 3 heteroatoms. The summed E-state index contributed by atoms with van der Waals surface area (Å²) in [5.74, 6) is 10.4. The highest BCUT2D eigenvalue weighted by molar-refractivity contribution is 5.28. The number of aliphatic hydroxyl groups excluding tert-OH is 1. The molecule has 1 aliphatic rings. The van der Waals surface area contributed by atoms with Gasteiger partial charge in [-0.3, -0.25) is 0 Å². The number of rotatable bonds is 8. The maximum Gasteiger partial charge on any atom is 0.163 e. The van der Waals surface area contributed by atoms with Gasteiger partial charge in [0.1, 0.15) is 6.10 Å². The van der Waals surface area contributed by atoms with Crippen LogP contribution in [0.1, 0.15) is 65.7 Å². The smallest absolute Gasteiger partial charge is 0.163 e. The summed E-state index contributed by atoms with van der Waals surface area (Å²) in [5.41, 5.74) is 0. The van der Waals surface area contributed by atoms with Crippen molar-refractivity contribution in [2.24, 2.45) is 0 Å². The molecule has 0 unspecified atom stereocenters. The molecular formula is C20H30O3. The van der Waals surface area contributed by atoms with E-state index in [1.54, 1.807) is 0 Å². The van der Waals surface area contributed by atoms with E-state index in [-0.39, 0.29) is 12.2 Å². The molecule has 0 saturated carbocycles. The molecule has 1 heterocycles. The van der Waals surface area contributed by atoms with Crippen molar-refractivity contribution in [3.8, 4) is 23.7 Å². The van der Waals surface area contributed by atoms with Gasteiger partial charge in [-0.1, -0.05) is 63.5 Å². The van der Waals surface area contributed by atoms with Gasteiger partial charge in [0.2, 0.25) is 0 Å². The topological polar surface area (TPSA) is 38.7 Å². The zero-order valence-corrected chi connectivity index (χ0v) is 14.7. The molecule has 0 aliphatic carbocycles. The second kappa shape index (κ2) is 10.5. The monoisotopic (exact) mass is 318 g/mol. The van der Waals surface area contributed by atoms with E-state index in [1.165, 1.54) is 38.2 Å². The highest BCUT2D eigenvalue weighted by Gasteiger charge is 2.40. The number of unbranched alkanes of at least 4 members (excludes halogenated alkanes) is 4. The second-order valence-electron chi connectivity index (χ2n) is 6.37. The number of hydrogen-bond acceptors (Lipinski definition) is 3. The zero-order valence-electron chi connectivity index (χ0n) is 14.7. The summed E-state index contributed by atoms with van der Waals surface area (Å²) in [6.07, 6.45) is 8.54. The van der Waals surface area contributed by atoms with Crippen LogP contribution in [0.4, 0.5) is 0 Å². The Balaban J connectivity index is 2.44. The van der Waals surface area contributed by atoms with E-state index in [0.29, 0.717) is 6.42 Å². The Bertz CT molecular complexity index is 473. The minimum Gasteiger partial charge on any atom is -0.377 e. The summed E-state index contributed by atoms with van der Waals surface area (Å²) >= 11 is 0. The Kier molecular flexibility index (Phi) is 9.03. The molecule has 0 aromatic rings. The number of aliphatic hydroxyl groups is 1. The van der Waals surface area contributed by atoms with Crippen molar-refractivity contribution in [3.63, 3.8) is 0 Å². The van der Waals surface area contributed by atoms with Crippen LogP contribution in [0.15, 0.2) is 12.7 Å². The van der Waals surface area contributed by atoms with Crippen LogP contribution in [0, 0.1) is 23.7 Å². The standard InChI is InChI=1S/C20H30O3/c1-5-7-8-9-12-15-18-19(23-20(3,4)22-18)16-13-10-11-14-17(21)6-2/h6,17-19,21H,2,5,7-9,12,15-16H2,1,3-4H3/t17-,18+,19+/m0/s1. The van der Waals surface area contributed by atoms with Crippen molar-refractivity contribution in [3.05, 3.63) is 12.7 Å². The highest BCUT2D eigenvalue weighted by Crippen LogP contribution is 2.32. The summed E-state index contributed by atoms with van der Waals surface area (Å²) in [6.45, 7) is 9.58. The SMILES string of the molecule is C=C[C@H](O)C#CC#CC[C@H]1OC(C)(C)O[C@@H]1CCCCCCC. The average Bonchev–Trinajstić information content (AvgIpc) is 2.80. The molecule has 1 fully saturated rings. The van der Waals surface area contributed by atoms with Gasteiger partial charge in [0, 0.05) is 6.42 Å². The lowest BCUT2D eigenvalue weighted by Gasteiger charge is -2.16. The lowest BCUT2D eigenvalue weighted by atomic mass is 10.0. The van der Waals surface area contributed by atoms with Gasteiger partial charge in [0.15, 0.2) is 5.79 Å². The Hall–Kier alpha value is -1.26. The van der Waals surface area contributed by atoms with Crippen molar-refractivity contribution in [2.45, 2.75) is 89.8 Å². The summed E-state index contributed by atoms with van der Waals surface area (Å²) in [6, 6.07) is 0. The molecule has 128 valence electrons. The lowest BCUT2D eigenvalue weighted by Crippen LogP contribution is -2.21. The average molecular weight is 318 g/mol. The number of ether oxygens (including phenoxy) is 2. The zero-order chi connectivity index (χ0) is 17.1. The molecule has 3 nitrogen and oxygen atoms in total. The van der Waals surface area contributed by atoms with Crippen LogP contribution in [-0.4, -0.2) is 29.2 Å². The Morgan fingerprint density at radius 1 is 1.13 bits per heavy atom. The molecule has 0 aromatic carbocycles. The van der Waals surface area contributed by atoms with E-state index in [4.69, 9.17) is 9.47 Å². The third-order valence-corrected chi connectivity index (χ3v) is 3.77. The Morgan fingerprint density at radius 3 is 2.52 bits per heavy atom. The van der Waals surface area contributed by atoms with E-state index in [1.807, 2.05) is 13.8 Å². The summed E-state index contributed by atoms with van der Waals surface area (Å²) < 4.78 is 12.0. The Morgan fingerprint density at radius 2 is 1.83 bits per heavy atom. The molecule has 0 radical (unpaired) electrons. The van der Waals surface area contributed by atoms with Crippen molar-refractivity contribution >= 4 is 0 Å². The summed E-state index contributed by atoms with van der Waals surface area (Å²) in [7, 11) is 0. The van der Waals surface area contributed by atoms with Gasteiger partial charge in [0.25, 0.3) is 0 Å². The van der Waals surface area contributed by atoms with E-state index < -0.39 is 11.9 Å². The molecule has 3 atom stereocenters. The normalized spacial score (nSPS) is 23.3. The third-order valence-electron chi connectivity index (χ3n) is 3.77. The molecule has 1 rings (SSSR count). The van der Waals surface area contributed by atoms with Gasteiger partial charge in [-0.15, -0.1) is 0 Å². The first-order valence-corrected chi connectivity index (χ1v) is 8.63. The molecule has 0 spiro atoms. The molecule has 23 heavy (non-hydrogen) atoms. The van der Waals surface area contributed by atoms with Crippen LogP contribution < -0.4 is 0 Å². The van der Waals surface area contributed by atoms with Gasteiger partial charge in [-0.25, -0.2) is 0 Å². The maximum atomic E-state index is 9.23. The molecule has 0 bridgehead atoms. The van der Waals surface area contributed by atoms with Gasteiger partial charge in [0.05, 0.1) is 12.2 Å². The van der Waals surface area contributed by atoms with E-state index >= 15 is 0 Å². The highest BCUT2D eigenvalue weighted by atomic mass is 16.7. The molecular weight excluding hydrogens is 288 g/mol. The molecule has 0 aromatic heterocycles. The molecule has 0 amide bonds. The third kappa shape index (κ3) is 8.24. The van der Waals surface area contributed by atoms with Crippen LogP contribution in [-0.2, 0) is 9.47 Å². The first-order valence-electron chi connectivity index (χ1n) is 8.63. The van der Waals surface area contributed by atoms with Crippen LogP contribution in [0.25, 0.3) is 0 Å². The second-order valence-corrected chi connectivity index (χ2v) is 6.37. The van der Waals surface area contributed by atoms with E-state index in [9.17, 15) is 5.11 Å². The predicted molar refractivity (Wildman–Crippen MR) is 93.6 cm³/mol. The van der Waals surface area contributed by atoms with E-state index in [2.05, 4.69) is 37.2 Å². The maximum absolute atomic E-state index is 9.23. The minimum atomic E-state index is -0.815. The van der Waals surface area contributed by atoms with Crippen molar-refractivity contribution in [2.75, 3.05) is 0 Å².